The summed E-state index contributed by atoms with van der Waals surface area (Å²) in [5.74, 6) is 0. The van der Waals surface area contributed by atoms with Crippen molar-refractivity contribution < 1.29 is 9.84 Å². The SMILES string of the molecule is Cc1cc(C(O)C2(C)CCCO2)sc1Cl. The molecule has 2 rings (SSSR count). The molecule has 1 aromatic rings. The van der Waals surface area contributed by atoms with Crippen molar-refractivity contribution in [2.24, 2.45) is 0 Å². The zero-order valence-electron chi connectivity index (χ0n) is 8.92. The number of ether oxygens (including phenoxy) is 1. The third-order valence-electron chi connectivity index (χ3n) is 2.97. The van der Waals surface area contributed by atoms with Gasteiger partial charge in [0, 0.05) is 11.5 Å². The van der Waals surface area contributed by atoms with Gasteiger partial charge >= 0.3 is 0 Å². The molecule has 1 aliphatic heterocycles. The lowest BCUT2D eigenvalue weighted by Crippen LogP contribution is -2.31. The number of thiophene rings is 1. The van der Waals surface area contributed by atoms with Crippen LogP contribution in [0.4, 0.5) is 0 Å². The van der Waals surface area contributed by atoms with Crippen molar-refractivity contribution in [1.82, 2.24) is 0 Å². The molecular weight excluding hydrogens is 232 g/mol. The highest BCUT2D eigenvalue weighted by atomic mass is 35.5. The Morgan fingerprint density at radius 3 is 2.87 bits per heavy atom. The largest absolute Gasteiger partial charge is 0.385 e. The van der Waals surface area contributed by atoms with Gasteiger partial charge in [-0.3, -0.25) is 0 Å². The first-order valence-electron chi connectivity index (χ1n) is 5.11. The van der Waals surface area contributed by atoms with Gasteiger partial charge in [0.15, 0.2) is 0 Å². The number of aliphatic hydroxyl groups excluding tert-OH is 1. The Morgan fingerprint density at radius 2 is 2.40 bits per heavy atom. The molecule has 0 aliphatic carbocycles. The molecule has 1 aromatic heterocycles. The van der Waals surface area contributed by atoms with Crippen LogP contribution in [0.5, 0.6) is 0 Å². The highest BCUT2D eigenvalue weighted by Crippen LogP contribution is 2.41. The van der Waals surface area contributed by atoms with Gasteiger partial charge in [-0.25, -0.2) is 0 Å². The van der Waals surface area contributed by atoms with Crippen molar-refractivity contribution in [2.45, 2.75) is 38.4 Å². The number of halogens is 1. The van der Waals surface area contributed by atoms with Crippen molar-refractivity contribution in [3.63, 3.8) is 0 Å². The minimum atomic E-state index is -0.559. The molecule has 1 fully saturated rings. The molecule has 1 aliphatic rings. The van der Waals surface area contributed by atoms with Crippen LogP contribution in [0, 0.1) is 6.92 Å². The maximum absolute atomic E-state index is 10.2. The number of hydrogen-bond donors (Lipinski definition) is 1. The predicted molar refractivity (Wildman–Crippen MR) is 62.6 cm³/mol. The van der Waals surface area contributed by atoms with Crippen LogP contribution in [0.15, 0.2) is 6.07 Å². The summed E-state index contributed by atoms with van der Waals surface area (Å²) in [6.07, 6.45) is 1.37. The second-order valence-electron chi connectivity index (χ2n) is 4.27. The molecule has 2 unspecified atom stereocenters. The Bertz CT molecular complexity index is 336. The average Bonchev–Trinajstić information content (AvgIpc) is 2.75. The van der Waals surface area contributed by atoms with E-state index in [1.165, 1.54) is 11.3 Å². The molecule has 0 radical (unpaired) electrons. The minimum absolute atomic E-state index is 0.430. The van der Waals surface area contributed by atoms with Gasteiger partial charge in [-0.1, -0.05) is 11.6 Å². The van der Waals surface area contributed by atoms with E-state index in [4.69, 9.17) is 16.3 Å². The molecule has 2 heterocycles. The third-order valence-corrected chi connectivity index (χ3v) is 4.58. The molecular formula is C11H15ClO2S. The Hall–Kier alpha value is -0.0900. The van der Waals surface area contributed by atoms with E-state index in [1.807, 2.05) is 19.9 Å². The molecule has 0 aromatic carbocycles. The lowest BCUT2D eigenvalue weighted by Gasteiger charge is -2.28. The van der Waals surface area contributed by atoms with E-state index in [0.29, 0.717) is 0 Å². The summed E-state index contributed by atoms with van der Waals surface area (Å²) >= 11 is 7.44. The fourth-order valence-electron chi connectivity index (χ4n) is 1.94. The summed E-state index contributed by atoms with van der Waals surface area (Å²) in [6, 6.07) is 1.95. The maximum Gasteiger partial charge on any atom is 0.117 e. The summed E-state index contributed by atoms with van der Waals surface area (Å²) in [4.78, 5) is 0.905. The maximum atomic E-state index is 10.2. The first-order chi connectivity index (χ1) is 7.03. The van der Waals surface area contributed by atoms with Gasteiger partial charge in [0.25, 0.3) is 0 Å². The summed E-state index contributed by atoms with van der Waals surface area (Å²) in [5, 5.41) is 10.2. The normalized spacial score (nSPS) is 28.3. The number of rotatable bonds is 2. The van der Waals surface area contributed by atoms with Crippen LogP contribution in [0.2, 0.25) is 4.34 Å². The molecule has 2 nitrogen and oxygen atoms in total. The van der Waals surface area contributed by atoms with E-state index in [9.17, 15) is 5.11 Å². The third kappa shape index (κ3) is 2.07. The zero-order valence-corrected chi connectivity index (χ0v) is 10.5. The summed E-state index contributed by atoms with van der Waals surface area (Å²) in [6.45, 7) is 4.66. The fraction of sp³-hybridized carbons (Fsp3) is 0.636. The minimum Gasteiger partial charge on any atom is -0.385 e. The van der Waals surface area contributed by atoms with Crippen LogP contribution in [0.25, 0.3) is 0 Å². The van der Waals surface area contributed by atoms with Crippen LogP contribution in [-0.4, -0.2) is 17.3 Å². The number of aliphatic hydroxyl groups is 1. The Kier molecular flexibility index (Phi) is 3.08. The van der Waals surface area contributed by atoms with E-state index >= 15 is 0 Å². The molecule has 1 saturated heterocycles. The second-order valence-corrected chi connectivity index (χ2v) is 5.96. The van der Waals surface area contributed by atoms with E-state index in [1.54, 1.807) is 0 Å². The van der Waals surface area contributed by atoms with Gasteiger partial charge in [-0.2, -0.15) is 0 Å². The Balaban J connectivity index is 2.23. The monoisotopic (exact) mass is 246 g/mol. The first-order valence-corrected chi connectivity index (χ1v) is 6.30. The molecule has 1 N–H and O–H groups in total. The quantitative estimate of drug-likeness (QED) is 0.868. The smallest absolute Gasteiger partial charge is 0.117 e. The molecule has 0 amide bonds. The van der Waals surface area contributed by atoms with E-state index in [0.717, 1.165) is 34.2 Å². The summed E-state index contributed by atoms with van der Waals surface area (Å²) in [5.41, 5.74) is 0.595. The van der Waals surface area contributed by atoms with Crippen LogP contribution in [-0.2, 0) is 4.74 Å². The van der Waals surface area contributed by atoms with Crippen molar-refractivity contribution in [1.29, 1.82) is 0 Å². The first kappa shape index (κ1) is 11.4. The lowest BCUT2D eigenvalue weighted by atomic mass is 9.94. The zero-order chi connectivity index (χ0) is 11.1. The van der Waals surface area contributed by atoms with Crippen molar-refractivity contribution in [2.75, 3.05) is 6.61 Å². The van der Waals surface area contributed by atoms with Crippen molar-refractivity contribution >= 4 is 22.9 Å². The molecule has 0 spiro atoms. The standard InChI is InChI=1S/C11H15ClO2S/c1-7-6-8(15-10(7)12)9(13)11(2)4-3-5-14-11/h6,9,13H,3-5H2,1-2H3. The topological polar surface area (TPSA) is 29.5 Å². The Labute approximate surface area is 98.8 Å². The van der Waals surface area contributed by atoms with E-state index in [2.05, 4.69) is 0 Å². The van der Waals surface area contributed by atoms with Gasteiger partial charge in [0.2, 0.25) is 0 Å². The Morgan fingerprint density at radius 1 is 1.67 bits per heavy atom. The van der Waals surface area contributed by atoms with Crippen LogP contribution in [0.3, 0.4) is 0 Å². The van der Waals surface area contributed by atoms with Gasteiger partial charge in [0.05, 0.1) is 9.94 Å². The fourth-order valence-corrected chi connectivity index (χ4v) is 3.28. The van der Waals surface area contributed by atoms with Crippen LogP contribution >= 0.6 is 22.9 Å². The summed E-state index contributed by atoms with van der Waals surface area (Å²) in [7, 11) is 0. The van der Waals surface area contributed by atoms with Gasteiger partial charge in [0.1, 0.15) is 6.10 Å². The van der Waals surface area contributed by atoms with Crippen molar-refractivity contribution in [3.8, 4) is 0 Å². The molecule has 0 saturated carbocycles. The van der Waals surface area contributed by atoms with Crippen LogP contribution < -0.4 is 0 Å². The van der Waals surface area contributed by atoms with E-state index < -0.39 is 11.7 Å². The lowest BCUT2D eigenvalue weighted by molar-refractivity contribution is -0.0781. The average molecular weight is 247 g/mol. The van der Waals surface area contributed by atoms with E-state index in [-0.39, 0.29) is 0 Å². The van der Waals surface area contributed by atoms with Crippen molar-refractivity contribution in [3.05, 3.63) is 20.8 Å². The summed E-state index contributed by atoms with van der Waals surface area (Å²) < 4.78 is 6.37. The number of aryl methyl sites for hydroxylation is 1. The molecule has 15 heavy (non-hydrogen) atoms. The highest BCUT2D eigenvalue weighted by molar-refractivity contribution is 7.16. The van der Waals surface area contributed by atoms with Gasteiger partial charge in [-0.05, 0) is 38.3 Å². The molecule has 84 valence electrons. The molecule has 0 bridgehead atoms. The van der Waals surface area contributed by atoms with Crippen LogP contribution in [0.1, 0.15) is 36.3 Å². The highest BCUT2D eigenvalue weighted by Gasteiger charge is 2.39. The second kappa shape index (κ2) is 4.06. The van der Waals surface area contributed by atoms with Gasteiger partial charge < -0.3 is 9.84 Å². The number of hydrogen-bond acceptors (Lipinski definition) is 3. The molecule has 2 atom stereocenters. The molecule has 4 heteroatoms. The van der Waals surface area contributed by atoms with Gasteiger partial charge in [-0.15, -0.1) is 11.3 Å². The predicted octanol–water partition coefficient (Wildman–Crippen LogP) is 3.31.